The average Bonchev–Trinajstić information content (AvgIpc) is 3.24. The van der Waals surface area contributed by atoms with Crippen LogP contribution in [0, 0.1) is 0 Å². The number of hydrogen-bond donors (Lipinski definition) is 1. The SMILES string of the molecule is CCCCC1OC1CCCCCCCCC(=O)OCCO. The second kappa shape index (κ2) is 12.0. The lowest BCUT2D eigenvalue weighted by Crippen LogP contribution is -2.07. The highest BCUT2D eigenvalue weighted by Gasteiger charge is 2.36. The lowest BCUT2D eigenvalue weighted by Gasteiger charge is -2.03. The summed E-state index contributed by atoms with van der Waals surface area (Å²) in [4.78, 5) is 11.2. The molecule has 4 nitrogen and oxygen atoms in total. The van der Waals surface area contributed by atoms with Crippen LogP contribution in [0.4, 0.5) is 0 Å². The zero-order valence-electron chi connectivity index (χ0n) is 13.5. The van der Waals surface area contributed by atoms with Crippen molar-refractivity contribution in [3.05, 3.63) is 0 Å². The maximum Gasteiger partial charge on any atom is 0.305 e. The molecule has 0 aliphatic carbocycles. The third-order valence-electron chi connectivity index (χ3n) is 4.00. The molecule has 21 heavy (non-hydrogen) atoms. The highest BCUT2D eigenvalue weighted by atomic mass is 16.6. The van der Waals surface area contributed by atoms with Gasteiger partial charge in [0.25, 0.3) is 0 Å². The zero-order chi connectivity index (χ0) is 15.3. The van der Waals surface area contributed by atoms with Gasteiger partial charge in [-0.25, -0.2) is 0 Å². The number of unbranched alkanes of at least 4 members (excludes halogenated alkanes) is 6. The largest absolute Gasteiger partial charge is 0.463 e. The van der Waals surface area contributed by atoms with Crippen LogP contribution >= 0.6 is 0 Å². The van der Waals surface area contributed by atoms with E-state index >= 15 is 0 Å². The Hall–Kier alpha value is -0.610. The van der Waals surface area contributed by atoms with Crippen molar-refractivity contribution in [3.63, 3.8) is 0 Å². The maximum absolute atomic E-state index is 11.2. The molecule has 1 aliphatic heterocycles. The number of aliphatic hydroxyl groups excluding tert-OH is 1. The zero-order valence-corrected chi connectivity index (χ0v) is 13.5. The van der Waals surface area contributed by atoms with Crippen molar-refractivity contribution in [1.29, 1.82) is 0 Å². The third-order valence-corrected chi connectivity index (χ3v) is 4.00. The summed E-state index contributed by atoms with van der Waals surface area (Å²) in [6.45, 7) is 2.26. The van der Waals surface area contributed by atoms with Gasteiger partial charge in [0.05, 0.1) is 18.8 Å². The first-order valence-electron chi connectivity index (χ1n) is 8.70. The monoisotopic (exact) mass is 300 g/mol. The van der Waals surface area contributed by atoms with Gasteiger partial charge >= 0.3 is 5.97 Å². The fraction of sp³-hybridized carbons (Fsp3) is 0.941. The maximum atomic E-state index is 11.2. The molecule has 1 fully saturated rings. The van der Waals surface area contributed by atoms with Gasteiger partial charge in [0.2, 0.25) is 0 Å². The molecule has 0 spiro atoms. The molecule has 0 radical (unpaired) electrons. The van der Waals surface area contributed by atoms with Crippen LogP contribution in [-0.2, 0) is 14.3 Å². The third kappa shape index (κ3) is 9.86. The molecule has 0 saturated carbocycles. The topological polar surface area (TPSA) is 59.1 Å². The molecule has 0 aromatic rings. The van der Waals surface area contributed by atoms with E-state index in [0.717, 1.165) is 12.8 Å². The van der Waals surface area contributed by atoms with E-state index in [0.29, 0.717) is 18.6 Å². The second-order valence-electron chi connectivity index (χ2n) is 5.96. The van der Waals surface area contributed by atoms with Crippen LogP contribution < -0.4 is 0 Å². The second-order valence-corrected chi connectivity index (χ2v) is 5.96. The molecule has 124 valence electrons. The highest BCUT2D eigenvalue weighted by Crippen LogP contribution is 2.31. The Balaban J connectivity index is 1.76. The van der Waals surface area contributed by atoms with E-state index in [1.807, 2.05) is 0 Å². The standard InChI is InChI=1S/C17H32O4/c1-2-3-10-15-16(21-15)11-8-6-4-5-7-9-12-17(19)20-14-13-18/h15-16,18H,2-14H2,1H3. The van der Waals surface area contributed by atoms with Crippen LogP contribution in [0.25, 0.3) is 0 Å². The Morgan fingerprint density at radius 2 is 1.62 bits per heavy atom. The number of hydrogen-bond acceptors (Lipinski definition) is 4. The minimum Gasteiger partial charge on any atom is -0.463 e. The first kappa shape index (κ1) is 18.4. The number of ether oxygens (including phenoxy) is 2. The molecular formula is C17H32O4. The van der Waals surface area contributed by atoms with Gasteiger partial charge in [-0.1, -0.05) is 51.9 Å². The minimum atomic E-state index is -0.187. The minimum absolute atomic E-state index is 0.0875. The fourth-order valence-corrected chi connectivity index (χ4v) is 2.65. The Morgan fingerprint density at radius 3 is 2.29 bits per heavy atom. The summed E-state index contributed by atoms with van der Waals surface area (Å²) in [5.74, 6) is -0.187. The van der Waals surface area contributed by atoms with Crippen molar-refractivity contribution in [2.45, 2.75) is 89.8 Å². The van der Waals surface area contributed by atoms with Crippen LogP contribution in [0.2, 0.25) is 0 Å². The van der Waals surface area contributed by atoms with Crippen LogP contribution in [0.5, 0.6) is 0 Å². The molecular weight excluding hydrogens is 268 g/mol. The molecule has 1 rings (SSSR count). The predicted molar refractivity (Wildman–Crippen MR) is 83.2 cm³/mol. The Kier molecular flexibility index (Phi) is 10.5. The number of rotatable bonds is 14. The van der Waals surface area contributed by atoms with Crippen LogP contribution in [0.15, 0.2) is 0 Å². The molecule has 0 aromatic heterocycles. The number of carbonyl (C=O) groups excluding carboxylic acids is 1. The van der Waals surface area contributed by atoms with Crippen LogP contribution in [0.1, 0.15) is 77.6 Å². The molecule has 2 unspecified atom stereocenters. The molecule has 1 heterocycles. The lowest BCUT2D eigenvalue weighted by molar-refractivity contribution is -0.144. The summed E-state index contributed by atoms with van der Waals surface area (Å²) in [6, 6.07) is 0. The van der Waals surface area contributed by atoms with Gasteiger partial charge in [-0.15, -0.1) is 0 Å². The normalized spacial score (nSPS) is 20.5. The average molecular weight is 300 g/mol. The van der Waals surface area contributed by atoms with Gasteiger partial charge in [-0.3, -0.25) is 4.79 Å². The smallest absolute Gasteiger partial charge is 0.305 e. The van der Waals surface area contributed by atoms with Gasteiger partial charge in [0, 0.05) is 6.42 Å². The molecule has 1 aliphatic rings. The Morgan fingerprint density at radius 1 is 1.00 bits per heavy atom. The molecule has 0 amide bonds. The molecule has 2 atom stereocenters. The van der Waals surface area contributed by atoms with E-state index in [-0.39, 0.29) is 19.2 Å². The van der Waals surface area contributed by atoms with E-state index in [2.05, 4.69) is 6.92 Å². The van der Waals surface area contributed by atoms with Gasteiger partial charge < -0.3 is 14.6 Å². The lowest BCUT2D eigenvalue weighted by atomic mass is 10.0. The first-order chi connectivity index (χ1) is 10.3. The van der Waals surface area contributed by atoms with E-state index < -0.39 is 0 Å². The number of aliphatic hydroxyl groups is 1. The number of carbonyl (C=O) groups is 1. The van der Waals surface area contributed by atoms with E-state index in [1.165, 1.54) is 51.4 Å². The van der Waals surface area contributed by atoms with Crippen molar-refractivity contribution in [2.24, 2.45) is 0 Å². The van der Waals surface area contributed by atoms with E-state index in [9.17, 15) is 4.79 Å². The number of esters is 1. The molecule has 0 bridgehead atoms. The summed E-state index contributed by atoms with van der Waals surface area (Å²) < 4.78 is 10.5. The molecule has 1 N–H and O–H groups in total. The summed E-state index contributed by atoms with van der Waals surface area (Å²) in [5.41, 5.74) is 0. The molecule has 0 aromatic carbocycles. The van der Waals surface area contributed by atoms with Crippen molar-refractivity contribution in [1.82, 2.24) is 0 Å². The van der Waals surface area contributed by atoms with Crippen molar-refractivity contribution in [3.8, 4) is 0 Å². The van der Waals surface area contributed by atoms with Crippen molar-refractivity contribution < 1.29 is 19.4 Å². The van der Waals surface area contributed by atoms with Crippen LogP contribution in [-0.4, -0.2) is 36.5 Å². The summed E-state index contributed by atoms with van der Waals surface area (Å²) >= 11 is 0. The van der Waals surface area contributed by atoms with Gasteiger partial charge in [-0.2, -0.15) is 0 Å². The van der Waals surface area contributed by atoms with E-state index in [1.54, 1.807) is 0 Å². The number of epoxide rings is 1. The first-order valence-corrected chi connectivity index (χ1v) is 8.70. The highest BCUT2D eigenvalue weighted by molar-refractivity contribution is 5.69. The summed E-state index contributed by atoms with van der Waals surface area (Å²) in [7, 11) is 0. The van der Waals surface area contributed by atoms with Gasteiger partial charge in [-0.05, 0) is 19.3 Å². The Labute approximate surface area is 129 Å². The van der Waals surface area contributed by atoms with Crippen molar-refractivity contribution >= 4 is 5.97 Å². The molecule has 1 saturated heterocycles. The van der Waals surface area contributed by atoms with Gasteiger partial charge in [0.15, 0.2) is 0 Å². The summed E-state index contributed by atoms with van der Waals surface area (Å²) in [5, 5.41) is 8.52. The van der Waals surface area contributed by atoms with Crippen LogP contribution in [0.3, 0.4) is 0 Å². The predicted octanol–water partition coefficient (Wildman–Crippen LogP) is 3.60. The van der Waals surface area contributed by atoms with Gasteiger partial charge in [0.1, 0.15) is 6.61 Å². The van der Waals surface area contributed by atoms with E-state index in [4.69, 9.17) is 14.6 Å². The quantitative estimate of drug-likeness (QED) is 0.302. The van der Waals surface area contributed by atoms with Crippen molar-refractivity contribution in [2.75, 3.05) is 13.2 Å². The fourth-order valence-electron chi connectivity index (χ4n) is 2.65. The Bertz CT molecular complexity index is 268. The molecule has 4 heteroatoms. The summed E-state index contributed by atoms with van der Waals surface area (Å²) in [6.07, 6.45) is 13.6.